The number of carbonyl (C=O) groups excluding carboxylic acids is 1. The number of nitrogens with one attached hydrogen (secondary N) is 2. The first-order valence-electron chi connectivity index (χ1n) is 6.78. The smallest absolute Gasteiger partial charge is 0.240 e. The number of carbonyl (C=O) groups is 1. The molecule has 1 aliphatic rings. The molecule has 1 aromatic carbocycles. The Kier molecular flexibility index (Phi) is 4.32. The van der Waals surface area contributed by atoms with Crippen LogP contribution >= 0.6 is 0 Å². The fourth-order valence-corrected chi connectivity index (χ4v) is 2.17. The summed E-state index contributed by atoms with van der Waals surface area (Å²) in [6.07, 6.45) is 1.92. The molecule has 112 valence electrons. The third-order valence-corrected chi connectivity index (χ3v) is 3.63. The lowest BCUT2D eigenvalue weighted by molar-refractivity contribution is -0.120. The summed E-state index contributed by atoms with van der Waals surface area (Å²) in [7, 11) is 1.39. The molecule has 0 heterocycles. The number of nitrogens with zero attached hydrogens (tertiary/aromatic N) is 1. The number of anilines is 1. The van der Waals surface area contributed by atoms with Crippen LogP contribution in [0.5, 0.6) is 5.75 Å². The molecular formula is C15H18FN3O2. The van der Waals surface area contributed by atoms with E-state index in [2.05, 4.69) is 16.7 Å². The molecule has 1 atom stereocenters. The van der Waals surface area contributed by atoms with Crippen LogP contribution in [0.3, 0.4) is 0 Å². The van der Waals surface area contributed by atoms with Gasteiger partial charge in [0, 0.05) is 11.8 Å². The van der Waals surface area contributed by atoms with Crippen LogP contribution in [0.2, 0.25) is 0 Å². The second kappa shape index (κ2) is 6.00. The minimum atomic E-state index is -0.816. The van der Waals surface area contributed by atoms with Gasteiger partial charge in [0.05, 0.1) is 19.7 Å². The zero-order chi connectivity index (χ0) is 15.5. The molecule has 1 aromatic rings. The lowest BCUT2D eigenvalue weighted by Crippen LogP contribution is -2.48. The number of hydrogen-bond donors (Lipinski definition) is 2. The number of methoxy groups -OCH3 is 1. The van der Waals surface area contributed by atoms with Crippen molar-refractivity contribution in [3.63, 3.8) is 0 Å². The first kappa shape index (κ1) is 15.1. The van der Waals surface area contributed by atoms with Gasteiger partial charge in [0.15, 0.2) is 11.6 Å². The standard InChI is InChI=1S/C15H18FN3O2/c1-15(9-17,10-3-4-10)19-14(20)8-18-11-5-6-13(21-2)12(16)7-11/h5-7,10,18H,3-4,8H2,1-2H3,(H,19,20)/t15-/m1/s1. The molecule has 1 fully saturated rings. The molecule has 5 nitrogen and oxygen atoms in total. The minimum Gasteiger partial charge on any atom is -0.494 e. The molecule has 21 heavy (non-hydrogen) atoms. The molecule has 2 rings (SSSR count). The Morgan fingerprint density at radius 2 is 2.29 bits per heavy atom. The van der Waals surface area contributed by atoms with Crippen molar-refractivity contribution in [2.75, 3.05) is 19.0 Å². The fraction of sp³-hybridized carbons (Fsp3) is 0.467. The lowest BCUT2D eigenvalue weighted by Gasteiger charge is -2.23. The number of rotatable bonds is 6. The van der Waals surface area contributed by atoms with Crippen molar-refractivity contribution in [2.45, 2.75) is 25.3 Å². The average molecular weight is 291 g/mol. The van der Waals surface area contributed by atoms with E-state index in [0.29, 0.717) is 5.69 Å². The maximum absolute atomic E-state index is 13.5. The summed E-state index contributed by atoms with van der Waals surface area (Å²) in [5, 5.41) is 14.7. The zero-order valence-electron chi connectivity index (χ0n) is 12.1. The number of nitriles is 1. The summed E-state index contributed by atoms with van der Waals surface area (Å²) in [5.74, 6) is -0.411. The van der Waals surface area contributed by atoms with Crippen LogP contribution in [0.1, 0.15) is 19.8 Å². The van der Waals surface area contributed by atoms with Crippen molar-refractivity contribution in [3.8, 4) is 11.8 Å². The average Bonchev–Trinajstić information content (AvgIpc) is 3.30. The molecule has 0 radical (unpaired) electrons. The van der Waals surface area contributed by atoms with Gasteiger partial charge in [0.25, 0.3) is 0 Å². The fourth-order valence-electron chi connectivity index (χ4n) is 2.17. The van der Waals surface area contributed by atoms with E-state index in [1.165, 1.54) is 19.2 Å². The number of hydrogen-bond acceptors (Lipinski definition) is 4. The van der Waals surface area contributed by atoms with Crippen LogP contribution in [-0.4, -0.2) is 25.1 Å². The van der Waals surface area contributed by atoms with Gasteiger partial charge in [-0.05, 0) is 37.8 Å². The molecule has 1 amide bonds. The highest BCUT2D eigenvalue weighted by molar-refractivity contribution is 5.82. The summed E-state index contributed by atoms with van der Waals surface area (Å²) >= 11 is 0. The van der Waals surface area contributed by atoms with Crippen LogP contribution in [0.25, 0.3) is 0 Å². The Labute approximate surface area is 123 Å². The zero-order valence-corrected chi connectivity index (χ0v) is 12.1. The van der Waals surface area contributed by atoms with Gasteiger partial charge in [0.2, 0.25) is 5.91 Å². The van der Waals surface area contributed by atoms with Crippen LogP contribution in [0, 0.1) is 23.1 Å². The first-order valence-corrected chi connectivity index (χ1v) is 6.78. The van der Waals surface area contributed by atoms with Gasteiger partial charge >= 0.3 is 0 Å². The summed E-state index contributed by atoms with van der Waals surface area (Å²) in [4.78, 5) is 11.9. The molecule has 0 saturated heterocycles. The van der Waals surface area contributed by atoms with E-state index < -0.39 is 11.4 Å². The van der Waals surface area contributed by atoms with E-state index in [0.717, 1.165) is 12.8 Å². The van der Waals surface area contributed by atoms with Gasteiger partial charge in [-0.25, -0.2) is 4.39 Å². The Hall–Kier alpha value is -2.29. The minimum absolute atomic E-state index is 0.0181. The lowest BCUT2D eigenvalue weighted by atomic mass is 9.98. The van der Waals surface area contributed by atoms with E-state index in [-0.39, 0.29) is 24.1 Å². The Bertz CT molecular complexity index is 581. The van der Waals surface area contributed by atoms with Crippen LogP contribution in [0.4, 0.5) is 10.1 Å². The third-order valence-electron chi connectivity index (χ3n) is 3.63. The molecule has 1 aliphatic carbocycles. The maximum Gasteiger partial charge on any atom is 0.240 e. The van der Waals surface area contributed by atoms with E-state index in [4.69, 9.17) is 4.74 Å². The largest absolute Gasteiger partial charge is 0.494 e. The SMILES string of the molecule is COc1ccc(NCC(=O)N[C@](C)(C#N)C2CC2)cc1F. The predicted octanol–water partition coefficient (Wildman–Crippen LogP) is 2.05. The highest BCUT2D eigenvalue weighted by atomic mass is 19.1. The molecular weight excluding hydrogens is 273 g/mol. The van der Waals surface area contributed by atoms with Crippen molar-refractivity contribution in [3.05, 3.63) is 24.0 Å². The summed E-state index contributed by atoms with van der Waals surface area (Å²) in [5.41, 5.74) is -0.335. The van der Waals surface area contributed by atoms with Crippen molar-refractivity contribution < 1.29 is 13.9 Å². The molecule has 0 unspecified atom stereocenters. The van der Waals surface area contributed by atoms with E-state index >= 15 is 0 Å². The quantitative estimate of drug-likeness (QED) is 0.841. The third kappa shape index (κ3) is 3.63. The first-order chi connectivity index (χ1) is 9.98. The summed E-state index contributed by atoms with van der Waals surface area (Å²) < 4.78 is 18.3. The van der Waals surface area contributed by atoms with Crippen molar-refractivity contribution in [1.82, 2.24) is 5.32 Å². The van der Waals surface area contributed by atoms with Gasteiger partial charge in [-0.2, -0.15) is 5.26 Å². The highest BCUT2D eigenvalue weighted by Crippen LogP contribution is 2.39. The van der Waals surface area contributed by atoms with Crippen molar-refractivity contribution in [1.29, 1.82) is 5.26 Å². The number of ether oxygens (including phenoxy) is 1. The van der Waals surface area contributed by atoms with Crippen molar-refractivity contribution in [2.24, 2.45) is 5.92 Å². The molecule has 6 heteroatoms. The molecule has 0 aliphatic heterocycles. The Morgan fingerprint density at radius 3 is 2.81 bits per heavy atom. The van der Waals surface area contributed by atoms with Gasteiger partial charge in [-0.1, -0.05) is 0 Å². The summed E-state index contributed by atoms with van der Waals surface area (Å²) in [6.45, 7) is 1.71. The van der Waals surface area contributed by atoms with Gasteiger partial charge in [-0.15, -0.1) is 0 Å². The topological polar surface area (TPSA) is 74.2 Å². The van der Waals surface area contributed by atoms with Crippen LogP contribution in [-0.2, 0) is 4.79 Å². The van der Waals surface area contributed by atoms with Crippen LogP contribution in [0.15, 0.2) is 18.2 Å². The molecule has 0 spiro atoms. The van der Waals surface area contributed by atoms with Crippen molar-refractivity contribution >= 4 is 11.6 Å². The second-order valence-electron chi connectivity index (χ2n) is 5.34. The van der Waals surface area contributed by atoms with Crippen LogP contribution < -0.4 is 15.4 Å². The van der Waals surface area contributed by atoms with E-state index in [1.807, 2.05) is 0 Å². The van der Waals surface area contributed by atoms with Gasteiger partial charge in [0.1, 0.15) is 5.54 Å². The molecule has 0 aromatic heterocycles. The maximum atomic E-state index is 13.5. The Morgan fingerprint density at radius 1 is 1.57 bits per heavy atom. The van der Waals surface area contributed by atoms with Gasteiger partial charge in [-0.3, -0.25) is 4.79 Å². The second-order valence-corrected chi connectivity index (χ2v) is 5.34. The molecule has 0 bridgehead atoms. The normalized spacial score (nSPS) is 16.5. The molecule has 2 N–H and O–H groups in total. The van der Waals surface area contributed by atoms with E-state index in [9.17, 15) is 14.4 Å². The molecule has 1 saturated carbocycles. The predicted molar refractivity (Wildman–Crippen MR) is 76.3 cm³/mol. The van der Waals surface area contributed by atoms with E-state index in [1.54, 1.807) is 13.0 Å². The highest BCUT2D eigenvalue weighted by Gasteiger charge is 2.42. The number of halogens is 1. The number of benzene rings is 1. The number of amides is 1. The van der Waals surface area contributed by atoms with Gasteiger partial charge < -0.3 is 15.4 Å². The monoisotopic (exact) mass is 291 g/mol. The Balaban J connectivity index is 1.89. The summed E-state index contributed by atoms with van der Waals surface area (Å²) in [6, 6.07) is 6.53.